The smallest absolute Gasteiger partial charge is 0.223 e. The van der Waals surface area contributed by atoms with Crippen molar-refractivity contribution in [2.75, 3.05) is 6.54 Å². The van der Waals surface area contributed by atoms with Gasteiger partial charge in [0.15, 0.2) is 0 Å². The molecule has 0 radical (unpaired) electrons. The molecule has 17 heavy (non-hydrogen) atoms. The molecule has 2 bridgehead atoms. The summed E-state index contributed by atoms with van der Waals surface area (Å²) in [5.74, 6) is 1.53. The molecular formula is C14H23NO2. The number of rotatable bonds is 3. The van der Waals surface area contributed by atoms with E-state index in [-0.39, 0.29) is 23.7 Å². The fourth-order valence-electron chi connectivity index (χ4n) is 3.14. The molecule has 1 unspecified atom stereocenters. The fraction of sp³-hybridized carbons (Fsp3) is 0.857. The van der Waals surface area contributed by atoms with Crippen LogP contribution in [0.4, 0.5) is 0 Å². The largest absolute Gasteiger partial charge is 0.356 e. The molecule has 3 nitrogen and oxygen atoms in total. The Bertz CT molecular complexity index is 295. The van der Waals surface area contributed by atoms with Crippen molar-refractivity contribution in [2.45, 2.75) is 46.0 Å². The van der Waals surface area contributed by atoms with Gasteiger partial charge in [-0.3, -0.25) is 9.59 Å². The van der Waals surface area contributed by atoms with Crippen molar-refractivity contribution in [3.63, 3.8) is 0 Å². The van der Waals surface area contributed by atoms with Crippen LogP contribution in [0.15, 0.2) is 0 Å². The molecule has 0 aromatic carbocycles. The van der Waals surface area contributed by atoms with Crippen LogP contribution in [0.2, 0.25) is 0 Å². The normalized spacial score (nSPS) is 32.6. The minimum Gasteiger partial charge on any atom is -0.356 e. The summed E-state index contributed by atoms with van der Waals surface area (Å²) >= 11 is 0. The molecule has 0 saturated heterocycles. The molecule has 2 rings (SSSR count). The lowest BCUT2D eigenvalue weighted by Crippen LogP contribution is -2.43. The second kappa shape index (κ2) is 5.19. The van der Waals surface area contributed by atoms with Crippen LogP contribution in [-0.2, 0) is 9.59 Å². The Balaban J connectivity index is 1.90. The maximum absolute atomic E-state index is 12.0. The number of ketones is 1. The molecular weight excluding hydrogens is 214 g/mol. The first kappa shape index (κ1) is 12.6. The average Bonchev–Trinajstić information content (AvgIpc) is 2.25. The number of carbonyl (C=O) groups excluding carboxylic acids is 2. The summed E-state index contributed by atoms with van der Waals surface area (Å²) in [7, 11) is 0. The highest BCUT2D eigenvalue weighted by atomic mass is 16.2. The summed E-state index contributed by atoms with van der Waals surface area (Å²) in [6.45, 7) is 4.94. The van der Waals surface area contributed by atoms with E-state index >= 15 is 0 Å². The number of amides is 1. The number of nitrogens with one attached hydrogen (secondary N) is 1. The van der Waals surface area contributed by atoms with E-state index < -0.39 is 0 Å². The van der Waals surface area contributed by atoms with Crippen LogP contribution in [0.3, 0.4) is 0 Å². The highest BCUT2D eigenvalue weighted by Crippen LogP contribution is 2.40. The number of hydrogen-bond acceptors (Lipinski definition) is 2. The van der Waals surface area contributed by atoms with E-state index in [2.05, 4.69) is 19.2 Å². The quantitative estimate of drug-likeness (QED) is 0.817. The Morgan fingerprint density at radius 2 is 1.88 bits per heavy atom. The summed E-state index contributed by atoms with van der Waals surface area (Å²) in [6.07, 6.45) is 4.76. The van der Waals surface area contributed by atoms with E-state index in [1.165, 1.54) is 6.42 Å². The summed E-state index contributed by atoms with van der Waals surface area (Å²) in [6, 6.07) is 0. The van der Waals surface area contributed by atoms with Gasteiger partial charge in [0.2, 0.25) is 5.91 Å². The molecule has 2 aliphatic rings. The highest BCUT2D eigenvalue weighted by molar-refractivity contribution is 5.88. The molecule has 0 aliphatic heterocycles. The van der Waals surface area contributed by atoms with Crippen molar-refractivity contribution < 1.29 is 9.59 Å². The lowest BCUT2D eigenvalue weighted by molar-refractivity contribution is -0.137. The van der Waals surface area contributed by atoms with Crippen LogP contribution in [0, 0.1) is 23.7 Å². The van der Waals surface area contributed by atoms with E-state index in [0.29, 0.717) is 11.7 Å². The van der Waals surface area contributed by atoms with Gasteiger partial charge in [0.05, 0.1) is 0 Å². The topological polar surface area (TPSA) is 46.2 Å². The number of Topliss-reactive ketones (excluding diaryl/α,β-unsaturated/α-hetero) is 1. The zero-order valence-corrected chi connectivity index (χ0v) is 10.9. The second-order valence-corrected chi connectivity index (χ2v) is 6.03. The van der Waals surface area contributed by atoms with Crippen molar-refractivity contribution >= 4 is 11.7 Å². The van der Waals surface area contributed by atoms with Crippen molar-refractivity contribution in [3.05, 3.63) is 0 Å². The first-order valence-corrected chi connectivity index (χ1v) is 6.89. The number of hydrogen-bond donors (Lipinski definition) is 1. The molecule has 0 aromatic heterocycles. The minimum atomic E-state index is 0.0850. The van der Waals surface area contributed by atoms with Crippen molar-refractivity contribution in [2.24, 2.45) is 23.7 Å². The molecule has 0 aromatic rings. The van der Waals surface area contributed by atoms with E-state index in [9.17, 15) is 9.59 Å². The number of fused-ring (bicyclic) bond motifs is 2. The van der Waals surface area contributed by atoms with E-state index in [1.807, 2.05) is 0 Å². The average molecular weight is 237 g/mol. The van der Waals surface area contributed by atoms with Gasteiger partial charge in [-0.25, -0.2) is 0 Å². The van der Waals surface area contributed by atoms with E-state index in [1.54, 1.807) is 0 Å². The van der Waals surface area contributed by atoms with Crippen molar-refractivity contribution in [3.8, 4) is 0 Å². The molecule has 2 fully saturated rings. The molecule has 3 heteroatoms. The molecule has 2 aliphatic carbocycles. The molecule has 0 spiro atoms. The molecule has 1 amide bonds. The Morgan fingerprint density at radius 1 is 1.29 bits per heavy atom. The zero-order chi connectivity index (χ0) is 12.4. The van der Waals surface area contributed by atoms with Crippen LogP contribution in [0.25, 0.3) is 0 Å². The highest BCUT2D eigenvalue weighted by Gasteiger charge is 2.41. The number of carbonyl (C=O) groups is 2. The van der Waals surface area contributed by atoms with Gasteiger partial charge in [0.25, 0.3) is 0 Å². The second-order valence-electron chi connectivity index (χ2n) is 6.03. The van der Waals surface area contributed by atoms with Crippen LogP contribution in [0.1, 0.15) is 46.0 Å². The first-order chi connectivity index (χ1) is 8.08. The molecule has 3 atom stereocenters. The van der Waals surface area contributed by atoms with Crippen LogP contribution in [0.5, 0.6) is 0 Å². The maximum atomic E-state index is 12.0. The summed E-state index contributed by atoms with van der Waals surface area (Å²) < 4.78 is 0. The third-order valence-corrected chi connectivity index (χ3v) is 4.10. The minimum absolute atomic E-state index is 0.0850. The van der Waals surface area contributed by atoms with Gasteiger partial charge in [-0.15, -0.1) is 0 Å². The predicted octanol–water partition coefficient (Wildman–Crippen LogP) is 2.15. The van der Waals surface area contributed by atoms with Crippen LogP contribution >= 0.6 is 0 Å². The van der Waals surface area contributed by atoms with Gasteiger partial charge >= 0.3 is 0 Å². The van der Waals surface area contributed by atoms with Gasteiger partial charge in [-0.1, -0.05) is 20.3 Å². The van der Waals surface area contributed by atoms with Gasteiger partial charge < -0.3 is 5.32 Å². The third-order valence-electron chi connectivity index (χ3n) is 4.10. The van der Waals surface area contributed by atoms with E-state index in [0.717, 1.165) is 32.2 Å². The first-order valence-electron chi connectivity index (χ1n) is 6.89. The molecule has 1 N–H and O–H groups in total. The predicted molar refractivity (Wildman–Crippen MR) is 66.4 cm³/mol. The van der Waals surface area contributed by atoms with Crippen LogP contribution < -0.4 is 5.32 Å². The summed E-state index contributed by atoms with van der Waals surface area (Å²) in [4.78, 5) is 23.9. The van der Waals surface area contributed by atoms with E-state index in [4.69, 9.17) is 0 Å². The standard InChI is InChI=1S/C14H23NO2/c1-9(2)8-15-14(17)12-6-10-4-3-5-11(7-12)13(10)16/h9-12H,3-8H2,1-2H3,(H,15,17)/t10-,11+,12?. The van der Waals surface area contributed by atoms with Crippen LogP contribution in [-0.4, -0.2) is 18.2 Å². The maximum Gasteiger partial charge on any atom is 0.223 e. The Morgan fingerprint density at radius 3 is 2.41 bits per heavy atom. The van der Waals surface area contributed by atoms with Crippen molar-refractivity contribution in [1.82, 2.24) is 5.32 Å². The van der Waals surface area contributed by atoms with Gasteiger partial charge in [-0.2, -0.15) is 0 Å². The molecule has 96 valence electrons. The zero-order valence-electron chi connectivity index (χ0n) is 10.9. The SMILES string of the molecule is CC(C)CNC(=O)C1C[C@H]2CCC[C@@H](C1)C2=O. The fourth-order valence-corrected chi connectivity index (χ4v) is 3.14. The lowest BCUT2D eigenvalue weighted by Gasteiger charge is -2.37. The summed E-state index contributed by atoms with van der Waals surface area (Å²) in [5, 5.41) is 3.01. The summed E-state index contributed by atoms with van der Waals surface area (Å²) in [5.41, 5.74) is 0. The molecule has 0 heterocycles. The third kappa shape index (κ3) is 2.88. The van der Waals surface area contributed by atoms with Gasteiger partial charge in [0.1, 0.15) is 5.78 Å². The van der Waals surface area contributed by atoms with Gasteiger partial charge in [-0.05, 0) is 31.6 Å². The molecule has 2 saturated carbocycles. The lowest BCUT2D eigenvalue weighted by atomic mass is 9.67. The Hall–Kier alpha value is -0.860. The monoisotopic (exact) mass is 237 g/mol. The Labute approximate surface area is 103 Å². The van der Waals surface area contributed by atoms with Crippen molar-refractivity contribution in [1.29, 1.82) is 0 Å². The van der Waals surface area contributed by atoms with Gasteiger partial charge in [0, 0.05) is 24.3 Å². The Kier molecular flexibility index (Phi) is 3.85.